The second-order valence-electron chi connectivity index (χ2n) is 5.39. The van der Waals surface area contributed by atoms with Crippen molar-refractivity contribution >= 4 is 23.4 Å². The minimum atomic E-state index is 0.177. The number of carbonyl (C=O) groups is 1. The molecular formula is C16H24N2OS. The molecular weight excluding hydrogens is 268 g/mol. The van der Waals surface area contributed by atoms with Gasteiger partial charge in [-0.1, -0.05) is 13.8 Å². The van der Waals surface area contributed by atoms with E-state index in [9.17, 15) is 4.79 Å². The second-order valence-corrected chi connectivity index (χ2v) is 6.94. The topological polar surface area (TPSA) is 32.3 Å². The number of aryl methyl sites for hydroxylation is 1. The van der Waals surface area contributed by atoms with Crippen LogP contribution < -0.4 is 5.32 Å². The first-order chi connectivity index (χ1) is 9.61. The molecule has 1 aliphatic heterocycles. The predicted octanol–water partition coefficient (Wildman–Crippen LogP) is 3.39. The molecule has 1 fully saturated rings. The summed E-state index contributed by atoms with van der Waals surface area (Å²) in [7, 11) is 0. The molecule has 3 nitrogen and oxygen atoms in total. The molecule has 1 aromatic carbocycles. The Kier molecular flexibility index (Phi) is 5.35. The molecule has 2 rings (SSSR count). The molecule has 0 aliphatic carbocycles. The number of nitrogens with zero attached hydrogens (tertiary/aromatic N) is 1. The Balaban J connectivity index is 2.09. The van der Waals surface area contributed by atoms with Crippen molar-refractivity contribution in [2.75, 3.05) is 30.7 Å². The Hall–Kier alpha value is -1.16. The van der Waals surface area contributed by atoms with E-state index < -0.39 is 0 Å². The van der Waals surface area contributed by atoms with Gasteiger partial charge in [0.1, 0.15) is 0 Å². The molecule has 0 spiro atoms. The predicted molar refractivity (Wildman–Crippen MR) is 87.8 cm³/mol. The normalized spacial score (nSPS) is 18.9. The molecule has 0 bridgehead atoms. The Morgan fingerprint density at radius 1 is 1.50 bits per heavy atom. The Bertz CT molecular complexity index is 476. The highest BCUT2D eigenvalue weighted by atomic mass is 32.2. The maximum atomic E-state index is 12.6. The van der Waals surface area contributed by atoms with Crippen molar-refractivity contribution in [2.24, 2.45) is 0 Å². The molecule has 1 aliphatic rings. The Morgan fingerprint density at radius 2 is 2.30 bits per heavy atom. The Morgan fingerprint density at radius 3 is 2.95 bits per heavy atom. The highest BCUT2D eigenvalue weighted by molar-refractivity contribution is 7.99. The first kappa shape index (κ1) is 15.2. The van der Waals surface area contributed by atoms with E-state index in [4.69, 9.17) is 0 Å². The van der Waals surface area contributed by atoms with Crippen LogP contribution in [0.1, 0.15) is 36.2 Å². The third-order valence-corrected chi connectivity index (χ3v) is 4.70. The van der Waals surface area contributed by atoms with Crippen LogP contribution in [0.15, 0.2) is 18.2 Å². The lowest BCUT2D eigenvalue weighted by molar-refractivity contribution is 0.0762. The second kappa shape index (κ2) is 7.02. The van der Waals surface area contributed by atoms with Gasteiger partial charge in [0.15, 0.2) is 0 Å². The molecule has 110 valence electrons. The van der Waals surface area contributed by atoms with Gasteiger partial charge in [-0.2, -0.15) is 11.8 Å². The number of carbonyl (C=O) groups excluding carboxylic acids is 1. The molecule has 1 heterocycles. The summed E-state index contributed by atoms with van der Waals surface area (Å²) in [5, 5.41) is 3.90. The van der Waals surface area contributed by atoms with E-state index in [1.54, 1.807) is 0 Å². The average Bonchev–Trinajstić information content (AvgIpc) is 2.44. The number of amides is 1. The minimum absolute atomic E-state index is 0.177. The fraction of sp³-hybridized carbons (Fsp3) is 0.562. The van der Waals surface area contributed by atoms with Crippen molar-refractivity contribution in [1.29, 1.82) is 0 Å². The maximum Gasteiger partial charge on any atom is 0.254 e. The summed E-state index contributed by atoms with van der Waals surface area (Å²) >= 11 is 1.95. The molecule has 1 saturated heterocycles. The van der Waals surface area contributed by atoms with E-state index in [0.717, 1.165) is 48.6 Å². The van der Waals surface area contributed by atoms with E-state index in [1.165, 1.54) is 0 Å². The zero-order valence-corrected chi connectivity index (χ0v) is 13.4. The Labute approximate surface area is 126 Å². The van der Waals surface area contributed by atoms with Gasteiger partial charge >= 0.3 is 0 Å². The average molecular weight is 292 g/mol. The zero-order chi connectivity index (χ0) is 14.5. The van der Waals surface area contributed by atoms with Crippen LogP contribution in [0, 0.1) is 6.92 Å². The number of thioether (sulfide) groups is 1. The van der Waals surface area contributed by atoms with Crippen molar-refractivity contribution in [3.05, 3.63) is 29.3 Å². The van der Waals surface area contributed by atoms with E-state index in [1.807, 2.05) is 35.7 Å². The van der Waals surface area contributed by atoms with Crippen molar-refractivity contribution in [1.82, 2.24) is 4.90 Å². The van der Waals surface area contributed by atoms with Crippen LogP contribution in [0.4, 0.5) is 5.69 Å². The van der Waals surface area contributed by atoms with Gasteiger partial charge in [-0.15, -0.1) is 0 Å². The SMILES string of the molecule is CCCNc1ccc(C(=O)N2CCSC(C)C2)c(C)c1. The highest BCUT2D eigenvalue weighted by Crippen LogP contribution is 2.22. The van der Waals surface area contributed by atoms with Gasteiger partial charge in [0.2, 0.25) is 0 Å². The number of rotatable bonds is 4. The molecule has 0 radical (unpaired) electrons. The summed E-state index contributed by atoms with van der Waals surface area (Å²) in [6.07, 6.45) is 1.10. The largest absolute Gasteiger partial charge is 0.385 e. The number of hydrogen-bond acceptors (Lipinski definition) is 3. The summed E-state index contributed by atoms with van der Waals surface area (Å²) < 4.78 is 0. The van der Waals surface area contributed by atoms with E-state index in [0.29, 0.717) is 5.25 Å². The zero-order valence-electron chi connectivity index (χ0n) is 12.6. The van der Waals surface area contributed by atoms with Gasteiger partial charge < -0.3 is 10.2 Å². The highest BCUT2D eigenvalue weighted by Gasteiger charge is 2.23. The lowest BCUT2D eigenvalue weighted by Gasteiger charge is -2.31. The smallest absolute Gasteiger partial charge is 0.254 e. The summed E-state index contributed by atoms with van der Waals surface area (Å²) in [4.78, 5) is 14.6. The third-order valence-electron chi connectivity index (χ3n) is 3.56. The summed E-state index contributed by atoms with van der Waals surface area (Å²) in [6, 6.07) is 6.05. The van der Waals surface area contributed by atoms with Gasteiger partial charge in [-0.3, -0.25) is 4.79 Å². The molecule has 20 heavy (non-hydrogen) atoms. The van der Waals surface area contributed by atoms with Crippen molar-refractivity contribution in [3.8, 4) is 0 Å². The van der Waals surface area contributed by atoms with E-state index in [-0.39, 0.29) is 5.91 Å². The number of benzene rings is 1. The lowest BCUT2D eigenvalue weighted by atomic mass is 10.1. The van der Waals surface area contributed by atoms with Crippen molar-refractivity contribution in [2.45, 2.75) is 32.4 Å². The monoisotopic (exact) mass is 292 g/mol. The fourth-order valence-corrected chi connectivity index (χ4v) is 3.47. The summed E-state index contributed by atoms with van der Waals surface area (Å²) in [5.74, 6) is 1.22. The molecule has 1 N–H and O–H groups in total. The van der Waals surface area contributed by atoms with Crippen LogP contribution in [0.5, 0.6) is 0 Å². The van der Waals surface area contributed by atoms with E-state index in [2.05, 4.69) is 25.2 Å². The first-order valence-electron chi connectivity index (χ1n) is 7.37. The van der Waals surface area contributed by atoms with Crippen molar-refractivity contribution < 1.29 is 4.79 Å². The molecule has 0 aromatic heterocycles. The van der Waals surface area contributed by atoms with Gasteiger partial charge in [-0.05, 0) is 37.1 Å². The summed E-state index contributed by atoms with van der Waals surface area (Å²) in [5.41, 5.74) is 3.00. The van der Waals surface area contributed by atoms with Crippen LogP contribution in [0.25, 0.3) is 0 Å². The van der Waals surface area contributed by atoms with Gasteiger partial charge in [0, 0.05) is 41.9 Å². The van der Waals surface area contributed by atoms with Crippen molar-refractivity contribution in [3.63, 3.8) is 0 Å². The molecule has 1 aromatic rings. The fourth-order valence-electron chi connectivity index (χ4n) is 2.46. The lowest BCUT2D eigenvalue weighted by Crippen LogP contribution is -2.41. The number of anilines is 1. The third kappa shape index (κ3) is 3.69. The van der Waals surface area contributed by atoms with Crippen LogP contribution in [-0.2, 0) is 0 Å². The molecule has 4 heteroatoms. The van der Waals surface area contributed by atoms with E-state index >= 15 is 0 Å². The van der Waals surface area contributed by atoms with Gasteiger partial charge in [0.25, 0.3) is 5.91 Å². The molecule has 1 amide bonds. The molecule has 0 saturated carbocycles. The van der Waals surface area contributed by atoms with Crippen LogP contribution >= 0.6 is 11.8 Å². The van der Waals surface area contributed by atoms with Crippen LogP contribution in [0.2, 0.25) is 0 Å². The minimum Gasteiger partial charge on any atom is -0.385 e. The quantitative estimate of drug-likeness (QED) is 0.923. The maximum absolute atomic E-state index is 12.6. The van der Waals surface area contributed by atoms with Gasteiger partial charge in [0.05, 0.1) is 0 Å². The standard InChI is InChI=1S/C16H24N2OS/c1-4-7-17-14-5-6-15(12(2)10-14)16(19)18-8-9-20-13(3)11-18/h5-6,10,13,17H,4,7-9,11H2,1-3H3. The summed E-state index contributed by atoms with van der Waals surface area (Å²) in [6.45, 7) is 9.05. The van der Waals surface area contributed by atoms with Crippen LogP contribution in [0.3, 0.4) is 0 Å². The molecule has 1 atom stereocenters. The number of nitrogens with one attached hydrogen (secondary N) is 1. The first-order valence-corrected chi connectivity index (χ1v) is 8.42. The molecule has 1 unspecified atom stereocenters. The van der Waals surface area contributed by atoms with Crippen LogP contribution in [-0.4, -0.2) is 41.4 Å². The number of hydrogen-bond donors (Lipinski definition) is 1. The van der Waals surface area contributed by atoms with Gasteiger partial charge in [-0.25, -0.2) is 0 Å².